The number of nitrogens with zero attached hydrogens (tertiary/aromatic N) is 3. The van der Waals surface area contributed by atoms with Crippen LogP contribution in [0.3, 0.4) is 0 Å². The highest BCUT2D eigenvalue weighted by atomic mass is 16.3. The summed E-state index contributed by atoms with van der Waals surface area (Å²) in [5.41, 5.74) is 1.34. The van der Waals surface area contributed by atoms with Gasteiger partial charge in [0.25, 0.3) is 0 Å². The summed E-state index contributed by atoms with van der Waals surface area (Å²) in [6, 6.07) is 2.00. The van der Waals surface area contributed by atoms with Crippen molar-refractivity contribution < 1.29 is 5.11 Å². The van der Waals surface area contributed by atoms with E-state index in [1.54, 1.807) is 6.20 Å². The van der Waals surface area contributed by atoms with Crippen LogP contribution in [0.2, 0.25) is 0 Å². The minimum absolute atomic E-state index is 0.559. The van der Waals surface area contributed by atoms with Gasteiger partial charge in [-0.1, -0.05) is 19.3 Å². The van der Waals surface area contributed by atoms with E-state index < -0.39 is 5.60 Å². The van der Waals surface area contributed by atoms with Gasteiger partial charge >= 0.3 is 0 Å². The molecule has 1 saturated carbocycles. The minimum atomic E-state index is -0.582. The van der Waals surface area contributed by atoms with Crippen molar-refractivity contribution in [2.24, 2.45) is 0 Å². The molecule has 19 heavy (non-hydrogen) atoms. The van der Waals surface area contributed by atoms with Crippen LogP contribution in [0.4, 0.5) is 5.82 Å². The van der Waals surface area contributed by atoms with Crippen molar-refractivity contribution in [1.82, 2.24) is 14.6 Å². The van der Waals surface area contributed by atoms with Crippen molar-refractivity contribution >= 4 is 11.3 Å². The molecular formula is C14H20N4O. The molecule has 0 radical (unpaired) electrons. The summed E-state index contributed by atoms with van der Waals surface area (Å²) in [5, 5.41) is 18.1. The van der Waals surface area contributed by atoms with E-state index in [1.807, 2.05) is 23.7 Å². The third-order valence-corrected chi connectivity index (χ3v) is 3.88. The molecule has 0 atom stereocenters. The number of aryl methyl sites for hydroxylation is 1. The van der Waals surface area contributed by atoms with Gasteiger partial charge in [-0.3, -0.25) is 0 Å². The van der Waals surface area contributed by atoms with Crippen molar-refractivity contribution in [3.05, 3.63) is 24.2 Å². The maximum Gasteiger partial charge on any atom is 0.152 e. The lowest BCUT2D eigenvalue weighted by atomic mass is 9.85. The van der Waals surface area contributed by atoms with Gasteiger partial charge in [0.05, 0.1) is 11.3 Å². The number of nitrogens with one attached hydrogen (secondary N) is 1. The van der Waals surface area contributed by atoms with E-state index >= 15 is 0 Å². The Morgan fingerprint density at radius 1 is 1.37 bits per heavy atom. The van der Waals surface area contributed by atoms with Crippen LogP contribution in [-0.4, -0.2) is 31.9 Å². The largest absolute Gasteiger partial charge is 0.388 e. The molecule has 5 nitrogen and oxygen atoms in total. The lowest BCUT2D eigenvalue weighted by molar-refractivity contribution is 0.0167. The smallest absolute Gasteiger partial charge is 0.152 e. The number of rotatable bonds is 3. The predicted octanol–water partition coefficient (Wildman–Crippen LogP) is 2.14. The molecular weight excluding hydrogens is 240 g/mol. The third-order valence-electron chi connectivity index (χ3n) is 3.88. The molecule has 0 aromatic carbocycles. The number of hydrogen-bond donors (Lipinski definition) is 2. The summed E-state index contributed by atoms with van der Waals surface area (Å²) < 4.78 is 1.82. The molecule has 0 amide bonds. The van der Waals surface area contributed by atoms with Gasteiger partial charge in [0, 0.05) is 18.9 Å². The second-order valence-electron chi connectivity index (χ2n) is 5.53. The number of anilines is 1. The zero-order valence-corrected chi connectivity index (χ0v) is 11.3. The Morgan fingerprint density at radius 3 is 2.95 bits per heavy atom. The second kappa shape index (κ2) is 4.81. The average molecular weight is 260 g/mol. The molecule has 0 bridgehead atoms. The molecule has 1 fully saturated rings. The molecule has 0 spiro atoms. The van der Waals surface area contributed by atoms with Crippen LogP contribution in [0.15, 0.2) is 18.5 Å². The van der Waals surface area contributed by atoms with Crippen LogP contribution in [0.5, 0.6) is 0 Å². The molecule has 1 aliphatic rings. The zero-order valence-electron chi connectivity index (χ0n) is 11.3. The van der Waals surface area contributed by atoms with E-state index in [0.29, 0.717) is 6.54 Å². The molecule has 102 valence electrons. The first-order valence-corrected chi connectivity index (χ1v) is 6.94. The molecule has 0 unspecified atom stereocenters. The summed E-state index contributed by atoms with van der Waals surface area (Å²) in [6.07, 6.45) is 8.78. The van der Waals surface area contributed by atoms with Gasteiger partial charge < -0.3 is 10.4 Å². The lowest BCUT2D eigenvalue weighted by Gasteiger charge is -2.32. The van der Waals surface area contributed by atoms with E-state index in [2.05, 4.69) is 15.4 Å². The Bertz CT molecular complexity index is 572. The fraction of sp³-hybridized carbons (Fsp3) is 0.571. The van der Waals surface area contributed by atoms with E-state index in [9.17, 15) is 5.11 Å². The Labute approximate surface area is 112 Å². The Morgan fingerprint density at radius 2 is 2.16 bits per heavy atom. The first kappa shape index (κ1) is 12.4. The fourth-order valence-corrected chi connectivity index (χ4v) is 2.82. The molecule has 2 aromatic rings. The van der Waals surface area contributed by atoms with Crippen molar-refractivity contribution in [1.29, 1.82) is 0 Å². The van der Waals surface area contributed by atoms with Crippen molar-refractivity contribution in [2.45, 2.75) is 44.6 Å². The zero-order chi connectivity index (χ0) is 13.3. The lowest BCUT2D eigenvalue weighted by Crippen LogP contribution is -2.39. The molecule has 2 heterocycles. The van der Waals surface area contributed by atoms with E-state index in [1.165, 1.54) is 6.42 Å². The summed E-state index contributed by atoms with van der Waals surface area (Å²) in [6.45, 7) is 2.52. The molecule has 3 rings (SSSR count). The van der Waals surface area contributed by atoms with Gasteiger partial charge in [-0.2, -0.15) is 5.10 Å². The number of aromatic nitrogens is 3. The number of aliphatic hydroxyl groups is 1. The standard InChI is InChI=1S/C14H20N4O/c1-11-9-12-13(15-7-8-18(12)17-11)16-10-14(19)5-3-2-4-6-14/h7-9,19H,2-6,10H2,1H3,(H,15,16). The highest BCUT2D eigenvalue weighted by Crippen LogP contribution is 2.28. The van der Waals surface area contributed by atoms with Crippen LogP contribution in [-0.2, 0) is 0 Å². The molecule has 0 aliphatic heterocycles. The van der Waals surface area contributed by atoms with E-state index in [0.717, 1.165) is 42.7 Å². The summed E-state index contributed by atoms with van der Waals surface area (Å²) in [7, 11) is 0. The highest BCUT2D eigenvalue weighted by Gasteiger charge is 2.29. The monoisotopic (exact) mass is 260 g/mol. The average Bonchev–Trinajstić information content (AvgIpc) is 2.78. The molecule has 2 aromatic heterocycles. The molecule has 2 N–H and O–H groups in total. The van der Waals surface area contributed by atoms with Gasteiger partial charge in [0.1, 0.15) is 5.52 Å². The van der Waals surface area contributed by atoms with Gasteiger partial charge in [-0.15, -0.1) is 0 Å². The summed E-state index contributed by atoms with van der Waals surface area (Å²) >= 11 is 0. The Kier molecular flexibility index (Phi) is 3.14. The Balaban J connectivity index is 1.78. The van der Waals surface area contributed by atoms with Gasteiger partial charge in [-0.25, -0.2) is 9.50 Å². The van der Waals surface area contributed by atoms with E-state index in [4.69, 9.17) is 0 Å². The maximum atomic E-state index is 10.5. The van der Waals surface area contributed by atoms with E-state index in [-0.39, 0.29) is 0 Å². The molecule has 0 saturated heterocycles. The number of fused-ring (bicyclic) bond motifs is 1. The normalized spacial score (nSPS) is 18.6. The van der Waals surface area contributed by atoms with Gasteiger partial charge in [-0.05, 0) is 25.8 Å². The van der Waals surface area contributed by atoms with Crippen LogP contribution >= 0.6 is 0 Å². The van der Waals surface area contributed by atoms with Gasteiger partial charge in [0.2, 0.25) is 0 Å². The number of hydrogen-bond acceptors (Lipinski definition) is 4. The first-order valence-electron chi connectivity index (χ1n) is 6.94. The molecule has 1 aliphatic carbocycles. The summed E-state index contributed by atoms with van der Waals surface area (Å²) in [4.78, 5) is 4.35. The fourth-order valence-electron chi connectivity index (χ4n) is 2.82. The molecule has 5 heteroatoms. The first-order chi connectivity index (χ1) is 9.16. The van der Waals surface area contributed by atoms with Crippen LogP contribution in [0, 0.1) is 6.92 Å². The second-order valence-corrected chi connectivity index (χ2v) is 5.53. The van der Waals surface area contributed by atoms with Crippen LogP contribution < -0.4 is 5.32 Å². The summed E-state index contributed by atoms with van der Waals surface area (Å²) in [5.74, 6) is 0.794. The quantitative estimate of drug-likeness (QED) is 0.887. The predicted molar refractivity (Wildman–Crippen MR) is 74.2 cm³/mol. The van der Waals surface area contributed by atoms with Gasteiger partial charge in [0.15, 0.2) is 5.82 Å². The van der Waals surface area contributed by atoms with Crippen molar-refractivity contribution in [3.8, 4) is 0 Å². The topological polar surface area (TPSA) is 62.5 Å². The van der Waals surface area contributed by atoms with Crippen LogP contribution in [0.1, 0.15) is 37.8 Å². The third kappa shape index (κ3) is 2.56. The Hall–Kier alpha value is -1.62. The minimum Gasteiger partial charge on any atom is -0.388 e. The van der Waals surface area contributed by atoms with Crippen molar-refractivity contribution in [2.75, 3.05) is 11.9 Å². The maximum absolute atomic E-state index is 10.5. The highest BCUT2D eigenvalue weighted by molar-refractivity contribution is 5.67. The van der Waals surface area contributed by atoms with Crippen LogP contribution in [0.25, 0.3) is 5.52 Å². The SMILES string of the molecule is Cc1cc2c(NCC3(O)CCCCC3)nccn2n1. The van der Waals surface area contributed by atoms with Crippen molar-refractivity contribution in [3.63, 3.8) is 0 Å².